The molecule has 1 aliphatic rings. The van der Waals surface area contributed by atoms with Crippen LogP contribution in [-0.2, 0) is 0 Å². The smallest absolute Gasteiger partial charge is 0.138 e. The van der Waals surface area contributed by atoms with E-state index in [9.17, 15) is 0 Å². The van der Waals surface area contributed by atoms with Gasteiger partial charge in [0, 0.05) is 12.1 Å². The number of ether oxygens (including phenoxy) is 1. The van der Waals surface area contributed by atoms with Gasteiger partial charge in [-0.25, -0.2) is 4.98 Å². The molecule has 3 aromatic rings. The highest BCUT2D eigenvalue weighted by molar-refractivity contribution is 5.79. The fourth-order valence-electron chi connectivity index (χ4n) is 3.10. The number of para-hydroxylation sites is 2. The van der Waals surface area contributed by atoms with Crippen LogP contribution in [0.25, 0.3) is 22.4 Å². The number of nitrogens with one attached hydrogen (secondary N) is 1. The summed E-state index contributed by atoms with van der Waals surface area (Å²) in [6, 6.07) is 16.2. The molecule has 24 heavy (non-hydrogen) atoms. The fraction of sp³-hybridized carbons (Fsp3) is 0.316. The summed E-state index contributed by atoms with van der Waals surface area (Å²) in [7, 11) is 0. The normalized spacial score (nSPS) is 14.7. The third-order valence-corrected chi connectivity index (χ3v) is 4.39. The van der Waals surface area contributed by atoms with Crippen LogP contribution in [0.1, 0.15) is 12.8 Å². The number of hydrogen-bond donors (Lipinski definition) is 1. The van der Waals surface area contributed by atoms with Gasteiger partial charge in [0.05, 0.1) is 11.0 Å². The molecule has 0 amide bonds. The highest BCUT2D eigenvalue weighted by atomic mass is 16.5. The minimum atomic E-state index is 0. The molecule has 0 bridgehead atoms. The Bertz CT molecular complexity index is 744. The van der Waals surface area contributed by atoms with Crippen molar-refractivity contribution in [3.63, 3.8) is 0 Å². The molecule has 0 radical (unpaired) electrons. The lowest BCUT2D eigenvalue weighted by molar-refractivity contribution is 0.238. The summed E-state index contributed by atoms with van der Waals surface area (Å²) < 4.78 is 5.85. The van der Waals surface area contributed by atoms with Gasteiger partial charge in [-0.1, -0.05) is 12.1 Å². The molecule has 5 heteroatoms. The van der Waals surface area contributed by atoms with Gasteiger partial charge in [-0.2, -0.15) is 0 Å². The van der Waals surface area contributed by atoms with E-state index in [2.05, 4.69) is 27.0 Å². The quantitative estimate of drug-likeness (QED) is 0.784. The van der Waals surface area contributed by atoms with Crippen LogP contribution in [0.4, 0.5) is 0 Å². The number of benzene rings is 2. The van der Waals surface area contributed by atoms with Crippen molar-refractivity contribution in [2.24, 2.45) is 0 Å². The van der Waals surface area contributed by atoms with E-state index in [4.69, 9.17) is 4.74 Å². The van der Waals surface area contributed by atoms with Gasteiger partial charge < -0.3 is 15.2 Å². The number of fused-ring (bicyclic) bond motifs is 1. The Balaban J connectivity index is 0.00000169. The molecule has 2 aromatic carbocycles. The average molecular weight is 325 g/mol. The van der Waals surface area contributed by atoms with E-state index < -0.39 is 0 Å². The molecule has 0 unspecified atom stereocenters. The molecule has 0 atom stereocenters. The SMILES string of the molecule is O.c1ccc2[nH]c(-c3ccc(OCCN4CCCC4)cc3)nc2c1. The van der Waals surface area contributed by atoms with Crippen molar-refractivity contribution in [1.82, 2.24) is 14.9 Å². The zero-order valence-electron chi connectivity index (χ0n) is 13.7. The van der Waals surface area contributed by atoms with E-state index in [-0.39, 0.29) is 5.48 Å². The highest BCUT2D eigenvalue weighted by Crippen LogP contribution is 2.22. The van der Waals surface area contributed by atoms with Gasteiger partial charge in [-0.05, 0) is 62.3 Å². The van der Waals surface area contributed by atoms with Crippen LogP contribution in [0.2, 0.25) is 0 Å². The first-order valence-electron chi connectivity index (χ1n) is 8.29. The van der Waals surface area contributed by atoms with E-state index in [0.29, 0.717) is 0 Å². The number of likely N-dealkylation sites (tertiary alicyclic amines) is 1. The minimum absolute atomic E-state index is 0. The van der Waals surface area contributed by atoms with Crippen LogP contribution in [-0.4, -0.2) is 46.6 Å². The zero-order chi connectivity index (χ0) is 15.5. The van der Waals surface area contributed by atoms with Crippen LogP contribution in [0.5, 0.6) is 5.75 Å². The predicted octanol–water partition coefficient (Wildman–Crippen LogP) is 2.88. The standard InChI is InChI=1S/C19H21N3O.H2O/c1-2-6-18-17(5-1)20-19(21-18)15-7-9-16(10-8-15)23-14-13-22-11-3-4-12-22;/h1-2,5-10H,3-4,11-14H2,(H,20,21);1H2. The van der Waals surface area contributed by atoms with Crippen LogP contribution < -0.4 is 4.74 Å². The van der Waals surface area contributed by atoms with Gasteiger partial charge in [0.2, 0.25) is 0 Å². The molecule has 0 aliphatic carbocycles. The van der Waals surface area contributed by atoms with Gasteiger partial charge in [0.1, 0.15) is 18.2 Å². The Morgan fingerprint density at radius 3 is 2.50 bits per heavy atom. The summed E-state index contributed by atoms with van der Waals surface area (Å²) >= 11 is 0. The van der Waals surface area contributed by atoms with Crippen molar-refractivity contribution in [1.29, 1.82) is 0 Å². The first kappa shape index (κ1) is 16.5. The lowest BCUT2D eigenvalue weighted by atomic mass is 10.2. The largest absolute Gasteiger partial charge is 0.492 e. The van der Waals surface area contributed by atoms with Crippen LogP contribution >= 0.6 is 0 Å². The zero-order valence-corrected chi connectivity index (χ0v) is 13.7. The molecule has 5 nitrogen and oxygen atoms in total. The van der Waals surface area contributed by atoms with Crippen molar-refractivity contribution in [3.8, 4) is 17.1 Å². The Hall–Kier alpha value is -2.37. The number of imidazole rings is 1. The number of aromatic nitrogens is 2. The summed E-state index contributed by atoms with van der Waals surface area (Å²) in [4.78, 5) is 10.4. The van der Waals surface area contributed by atoms with Gasteiger partial charge in [-0.3, -0.25) is 4.90 Å². The van der Waals surface area contributed by atoms with Crippen molar-refractivity contribution < 1.29 is 10.2 Å². The van der Waals surface area contributed by atoms with E-state index in [1.165, 1.54) is 25.9 Å². The van der Waals surface area contributed by atoms with Crippen molar-refractivity contribution in [3.05, 3.63) is 48.5 Å². The first-order chi connectivity index (χ1) is 11.4. The molecule has 1 fully saturated rings. The average Bonchev–Trinajstić information content (AvgIpc) is 3.24. The van der Waals surface area contributed by atoms with E-state index in [0.717, 1.165) is 41.3 Å². The van der Waals surface area contributed by atoms with Gasteiger partial charge in [-0.15, -0.1) is 0 Å². The summed E-state index contributed by atoms with van der Waals surface area (Å²) in [6.45, 7) is 4.21. The van der Waals surface area contributed by atoms with Crippen LogP contribution in [0.15, 0.2) is 48.5 Å². The number of hydrogen-bond acceptors (Lipinski definition) is 3. The second-order valence-electron chi connectivity index (χ2n) is 6.02. The highest BCUT2D eigenvalue weighted by Gasteiger charge is 2.11. The molecular weight excluding hydrogens is 302 g/mol. The molecular formula is C19H23N3O2. The summed E-state index contributed by atoms with van der Waals surface area (Å²) in [6.07, 6.45) is 2.65. The monoisotopic (exact) mass is 325 g/mol. The summed E-state index contributed by atoms with van der Waals surface area (Å²) in [5.74, 6) is 1.82. The maximum atomic E-state index is 5.85. The first-order valence-corrected chi connectivity index (χ1v) is 8.29. The number of H-pyrrole nitrogens is 1. The summed E-state index contributed by atoms with van der Waals surface area (Å²) in [5.41, 5.74) is 3.13. The van der Waals surface area contributed by atoms with Crippen molar-refractivity contribution >= 4 is 11.0 Å². The molecule has 1 saturated heterocycles. The number of nitrogens with zero attached hydrogens (tertiary/aromatic N) is 2. The summed E-state index contributed by atoms with van der Waals surface area (Å²) in [5, 5.41) is 0. The van der Waals surface area contributed by atoms with Crippen LogP contribution in [0.3, 0.4) is 0 Å². The molecule has 1 aromatic heterocycles. The molecule has 126 valence electrons. The molecule has 3 N–H and O–H groups in total. The molecule has 0 spiro atoms. The van der Waals surface area contributed by atoms with E-state index in [1.807, 2.05) is 36.4 Å². The van der Waals surface area contributed by atoms with E-state index in [1.54, 1.807) is 0 Å². The molecule has 4 rings (SSSR count). The Morgan fingerprint density at radius 1 is 1.00 bits per heavy atom. The van der Waals surface area contributed by atoms with Gasteiger partial charge >= 0.3 is 0 Å². The minimum Gasteiger partial charge on any atom is -0.492 e. The predicted molar refractivity (Wildman–Crippen MR) is 96.3 cm³/mol. The Morgan fingerprint density at radius 2 is 1.75 bits per heavy atom. The topological polar surface area (TPSA) is 72.7 Å². The molecule has 1 aliphatic heterocycles. The van der Waals surface area contributed by atoms with Gasteiger partial charge in [0.15, 0.2) is 0 Å². The van der Waals surface area contributed by atoms with Gasteiger partial charge in [0.25, 0.3) is 0 Å². The van der Waals surface area contributed by atoms with E-state index >= 15 is 0 Å². The Labute approximate surface area is 141 Å². The van der Waals surface area contributed by atoms with Crippen molar-refractivity contribution in [2.75, 3.05) is 26.2 Å². The third kappa shape index (κ3) is 3.58. The maximum Gasteiger partial charge on any atom is 0.138 e. The lowest BCUT2D eigenvalue weighted by Crippen LogP contribution is -2.25. The Kier molecular flexibility index (Phi) is 5.13. The molecule has 0 saturated carbocycles. The second kappa shape index (κ2) is 7.47. The lowest BCUT2D eigenvalue weighted by Gasteiger charge is -2.14. The number of aromatic amines is 1. The third-order valence-electron chi connectivity index (χ3n) is 4.39. The number of rotatable bonds is 5. The van der Waals surface area contributed by atoms with Crippen LogP contribution in [0, 0.1) is 0 Å². The second-order valence-corrected chi connectivity index (χ2v) is 6.02. The fourth-order valence-corrected chi connectivity index (χ4v) is 3.10. The molecule has 2 heterocycles. The maximum absolute atomic E-state index is 5.85. The van der Waals surface area contributed by atoms with Crippen molar-refractivity contribution in [2.45, 2.75) is 12.8 Å².